The molecule has 0 saturated heterocycles. The summed E-state index contributed by atoms with van der Waals surface area (Å²) in [6.45, 7) is 6.95. The van der Waals surface area contributed by atoms with Gasteiger partial charge < -0.3 is 5.11 Å². The lowest BCUT2D eigenvalue weighted by Gasteiger charge is -2.64. The number of carboxylic acid groups (broad SMARTS) is 1. The Morgan fingerprint density at radius 2 is 1.65 bits per heavy atom. The van der Waals surface area contributed by atoms with Crippen molar-refractivity contribution in [1.29, 1.82) is 0 Å². The average molecular weight is 236 g/mol. The highest BCUT2D eigenvalue weighted by molar-refractivity contribution is 5.75. The van der Waals surface area contributed by atoms with E-state index < -0.39 is 5.97 Å². The molecule has 17 heavy (non-hydrogen) atoms. The highest BCUT2D eigenvalue weighted by Gasteiger charge is 2.63. The molecule has 0 aromatic carbocycles. The largest absolute Gasteiger partial charge is 0.481 e. The van der Waals surface area contributed by atoms with Gasteiger partial charge >= 0.3 is 5.97 Å². The van der Waals surface area contributed by atoms with Crippen LogP contribution in [0.1, 0.15) is 59.3 Å². The Morgan fingerprint density at radius 3 is 2.06 bits per heavy atom. The molecule has 2 heteroatoms. The fourth-order valence-corrected chi connectivity index (χ4v) is 5.39. The molecule has 0 aromatic rings. The summed E-state index contributed by atoms with van der Waals surface area (Å²) in [6.07, 6.45) is 6.70. The summed E-state index contributed by atoms with van der Waals surface area (Å²) in [5.41, 5.74) is 0.193. The van der Waals surface area contributed by atoms with Crippen molar-refractivity contribution in [2.45, 2.75) is 59.3 Å². The minimum Gasteiger partial charge on any atom is -0.481 e. The second-order valence-corrected chi connectivity index (χ2v) is 8.08. The Balaban J connectivity index is 2.03. The molecule has 2 nitrogen and oxygen atoms in total. The Kier molecular flexibility index (Phi) is 2.09. The molecule has 4 aliphatic carbocycles. The summed E-state index contributed by atoms with van der Waals surface area (Å²) < 4.78 is 0. The van der Waals surface area contributed by atoms with E-state index in [1.165, 1.54) is 19.3 Å². The van der Waals surface area contributed by atoms with Gasteiger partial charge in [0.25, 0.3) is 0 Å². The van der Waals surface area contributed by atoms with E-state index in [2.05, 4.69) is 20.8 Å². The lowest BCUT2D eigenvalue weighted by molar-refractivity contribution is -0.188. The standard InChI is InChI=1S/C15H24O2/c1-13(2,3)15-7-10-4-11(8-15)6-14(5-10,9-15)12(16)17/h10-11H,4-9H2,1-3H3,(H,16,17). The average Bonchev–Trinajstić information content (AvgIpc) is 2.13. The van der Waals surface area contributed by atoms with E-state index in [9.17, 15) is 9.90 Å². The van der Waals surface area contributed by atoms with Gasteiger partial charge in [-0.05, 0) is 61.2 Å². The fraction of sp³-hybridized carbons (Fsp3) is 0.933. The number of carbonyl (C=O) groups is 1. The maximum atomic E-state index is 11.7. The molecule has 2 unspecified atom stereocenters. The number of carboxylic acids is 1. The highest BCUT2D eigenvalue weighted by atomic mass is 16.4. The van der Waals surface area contributed by atoms with Gasteiger partial charge in [-0.1, -0.05) is 20.8 Å². The summed E-state index contributed by atoms with van der Waals surface area (Å²) in [6, 6.07) is 0. The van der Waals surface area contributed by atoms with Gasteiger partial charge in [-0.3, -0.25) is 4.79 Å². The smallest absolute Gasteiger partial charge is 0.309 e. The van der Waals surface area contributed by atoms with Crippen molar-refractivity contribution >= 4 is 5.97 Å². The molecule has 0 aromatic heterocycles. The third-order valence-electron chi connectivity index (χ3n) is 6.11. The summed E-state index contributed by atoms with van der Waals surface area (Å²) in [5.74, 6) is 0.860. The predicted molar refractivity (Wildman–Crippen MR) is 66.6 cm³/mol. The molecule has 4 aliphatic rings. The minimum absolute atomic E-state index is 0.255. The quantitative estimate of drug-likeness (QED) is 0.753. The van der Waals surface area contributed by atoms with Crippen LogP contribution in [0, 0.1) is 28.1 Å². The summed E-state index contributed by atoms with van der Waals surface area (Å²) in [4.78, 5) is 11.7. The molecular weight excluding hydrogens is 212 g/mol. The zero-order valence-electron chi connectivity index (χ0n) is 11.3. The molecule has 4 fully saturated rings. The Hall–Kier alpha value is -0.530. The molecule has 4 saturated carbocycles. The number of aliphatic carboxylic acids is 1. The van der Waals surface area contributed by atoms with Crippen LogP contribution in [0.25, 0.3) is 0 Å². The first kappa shape index (κ1) is 11.6. The van der Waals surface area contributed by atoms with Gasteiger partial charge in [0.05, 0.1) is 5.41 Å². The number of hydrogen-bond acceptors (Lipinski definition) is 1. The second kappa shape index (κ2) is 3.07. The summed E-state index contributed by atoms with van der Waals surface area (Å²) >= 11 is 0. The first-order valence-corrected chi connectivity index (χ1v) is 7.00. The third kappa shape index (κ3) is 1.42. The van der Waals surface area contributed by atoms with Crippen LogP contribution >= 0.6 is 0 Å². The maximum Gasteiger partial charge on any atom is 0.309 e. The van der Waals surface area contributed by atoms with E-state index in [1.54, 1.807) is 0 Å². The first-order valence-electron chi connectivity index (χ1n) is 7.00. The van der Waals surface area contributed by atoms with E-state index in [0.717, 1.165) is 19.3 Å². The molecule has 0 heterocycles. The molecule has 0 spiro atoms. The van der Waals surface area contributed by atoms with Gasteiger partial charge in [0.2, 0.25) is 0 Å². The zero-order chi connectivity index (χ0) is 12.5. The van der Waals surface area contributed by atoms with Crippen LogP contribution in [-0.4, -0.2) is 11.1 Å². The minimum atomic E-state index is -0.514. The Labute approximate surface area is 104 Å². The van der Waals surface area contributed by atoms with Crippen molar-refractivity contribution in [2.75, 3.05) is 0 Å². The number of rotatable bonds is 1. The van der Waals surface area contributed by atoms with Crippen LogP contribution in [0.3, 0.4) is 0 Å². The maximum absolute atomic E-state index is 11.7. The zero-order valence-corrected chi connectivity index (χ0v) is 11.3. The third-order valence-corrected chi connectivity index (χ3v) is 6.11. The van der Waals surface area contributed by atoms with Gasteiger partial charge in [0, 0.05) is 0 Å². The van der Waals surface area contributed by atoms with Gasteiger partial charge in [0.1, 0.15) is 0 Å². The molecule has 2 atom stereocenters. The van der Waals surface area contributed by atoms with Crippen LogP contribution in [-0.2, 0) is 4.79 Å². The Bertz CT molecular complexity index is 350. The van der Waals surface area contributed by atoms with Gasteiger partial charge in [-0.15, -0.1) is 0 Å². The van der Waals surface area contributed by atoms with E-state index >= 15 is 0 Å². The van der Waals surface area contributed by atoms with Crippen molar-refractivity contribution in [2.24, 2.45) is 28.1 Å². The normalized spacial score (nSPS) is 48.4. The van der Waals surface area contributed by atoms with Crippen LogP contribution < -0.4 is 0 Å². The van der Waals surface area contributed by atoms with Crippen LogP contribution in [0.15, 0.2) is 0 Å². The lowest BCUT2D eigenvalue weighted by atomic mass is 9.39. The lowest BCUT2D eigenvalue weighted by Crippen LogP contribution is -2.58. The highest BCUT2D eigenvalue weighted by Crippen LogP contribution is 2.69. The first-order chi connectivity index (χ1) is 7.76. The van der Waals surface area contributed by atoms with E-state index in [-0.39, 0.29) is 10.8 Å². The monoisotopic (exact) mass is 236 g/mol. The van der Waals surface area contributed by atoms with E-state index in [1.807, 2.05) is 0 Å². The van der Waals surface area contributed by atoms with Crippen molar-refractivity contribution in [3.05, 3.63) is 0 Å². The van der Waals surface area contributed by atoms with Crippen molar-refractivity contribution in [3.8, 4) is 0 Å². The molecule has 0 amide bonds. The molecule has 0 radical (unpaired) electrons. The van der Waals surface area contributed by atoms with Gasteiger partial charge in [0.15, 0.2) is 0 Å². The summed E-state index contributed by atoms with van der Waals surface area (Å²) in [5, 5.41) is 9.66. The van der Waals surface area contributed by atoms with Crippen molar-refractivity contribution in [1.82, 2.24) is 0 Å². The van der Waals surface area contributed by atoms with Crippen LogP contribution in [0.5, 0.6) is 0 Å². The molecule has 1 N–H and O–H groups in total. The molecule has 4 rings (SSSR count). The molecule has 96 valence electrons. The molecule has 4 bridgehead atoms. The SMILES string of the molecule is CC(C)(C)C12CC3CC(CC(C(=O)O)(C3)C1)C2. The Morgan fingerprint density at radius 1 is 1.12 bits per heavy atom. The molecular formula is C15H24O2. The topological polar surface area (TPSA) is 37.3 Å². The number of hydrogen-bond donors (Lipinski definition) is 1. The van der Waals surface area contributed by atoms with Gasteiger partial charge in [-0.2, -0.15) is 0 Å². The van der Waals surface area contributed by atoms with E-state index in [4.69, 9.17) is 0 Å². The predicted octanol–water partition coefficient (Wildman–Crippen LogP) is 3.70. The van der Waals surface area contributed by atoms with Gasteiger partial charge in [-0.25, -0.2) is 0 Å². The molecule has 0 aliphatic heterocycles. The summed E-state index contributed by atoms with van der Waals surface area (Å²) in [7, 11) is 0. The van der Waals surface area contributed by atoms with E-state index in [0.29, 0.717) is 17.3 Å². The fourth-order valence-electron chi connectivity index (χ4n) is 5.39. The second-order valence-electron chi connectivity index (χ2n) is 8.08. The van der Waals surface area contributed by atoms with Crippen LogP contribution in [0.4, 0.5) is 0 Å². The van der Waals surface area contributed by atoms with Crippen LogP contribution in [0.2, 0.25) is 0 Å². The van der Waals surface area contributed by atoms with Crippen molar-refractivity contribution < 1.29 is 9.90 Å². The van der Waals surface area contributed by atoms with Crippen molar-refractivity contribution in [3.63, 3.8) is 0 Å².